The number of amides is 4. The molecule has 3 heterocycles. The molecule has 0 saturated carbocycles. The van der Waals surface area contributed by atoms with Crippen molar-refractivity contribution in [3.8, 4) is 0 Å². The van der Waals surface area contributed by atoms with Crippen LogP contribution in [0.5, 0.6) is 0 Å². The van der Waals surface area contributed by atoms with Crippen molar-refractivity contribution in [2.75, 3.05) is 43.1 Å². The highest BCUT2D eigenvalue weighted by molar-refractivity contribution is 8.01. The minimum absolute atomic E-state index is 0.137. The molecular weight excluding hydrogens is 532 g/mol. The molecule has 0 bridgehead atoms. The lowest BCUT2D eigenvalue weighted by Gasteiger charge is -2.28. The van der Waals surface area contributed by atoms with E-state index in [1.807, 2.05) is 48.5 Å². The van der Waals surface area contributed by atoms with E-state index >= 15 is 0 Å². The van der Waals surface area contributed by atoms with Gasteiger partial charge in [0.25, 0.3) is 5.91 Å². The van der Waals surface area contributed by atoms with E-state index in [1.54, 1.807) is 30.0 Å². The number of carbonyl (C=O) groups is 3. The number of ether oxygens (including phenoxy) is 1. The number of halogens is 1. The summed E-state index contributed by atoms with van der Waals surface area (Å²) >= 11 is 9.01. The fraction of sp³-hybridized carbons (Fsp3) is 0.192. The number of carbonyl (C=O) groups excluding carboxylic acids is 3. The molecule has 0 radical (unpaired) electrons. The van der Waals surface area contributed by atoms with E-state index in [9.17, 15) is 14.4 Å². The lowest BCUT2D eigenvalue weighted by molar-refractivity contribution is -0.127. The molecule has 0 aliphatic carbocycles. The molecule has 0 atom stereocenters. The van der Waals surface area contributed by atoms with Crippen LogP contribution in [0.1, 0.15) is 4.88 Å². The van der Waals surface area contributed by atoms with Gasteiger partial charge in [0.15, 0.2) is 0 Å². The molecule has 0 spiro atoms. The van der Waals surface area contributed by atoms with E-state index in [1.165, 1.54) is 11.3 Å². The summed E-state index contributed by atoms with van der Waals surface area (Å²) in [6, 6.07) is 18.2. The van der Waals surface area contributed by atoms with Gasteiger partial charge < -0.3 is 20.3 Å². The van der Waals surface area contributed by atoms with Gasteiger partial charge in [-0.2, -0.15) is 0 Å². The lowest BCUT2D eigenvalue weighted by atomic mass is 10.2. The molecule has 4 amide bonds. The normalized spacial score (nSPS) is 16.8. The highest BCUT2D eigenvalue weighted by atomic mass is 35.5. The van der Waals surface area contributed by atoms with Crippen LogP contribution in [0.25, 0.3) is 6.08 Å². The molecule has 3 aromatic rings. The number of imide groups is 1. The van der Waals surface area contributed by atoms with Gasteiger partial charge >= 0.3 is 6.03 Å². The molecular formula is C26H23ClN4O4S2. The van der Waals surface area contributed by atoms with Crippen molar-refractivity contribution in [1.29, 1.82) is 0 Å². The summed E-state index contributed by atoms with van der Waals surface area (Å²) in [4.78, 5) is 42.8. The number of thiophene rings is 1. The number of urea groups is 1. The molecule has 8 nitrogen and oxygen atoms in total. The minimum atomic E-state index is -0.624. The molecule has 5 rings (SSSR count). The van der Waals surface area contributed by atoms with Crippen LogP contribution < -0.4 is 15.5 Å². The van der Waals surface area contributed by atoms with Crippen molar-refractivity contribution in [2.45, 2.75) is 9.10 Å². The summed E-state index contributed by atoms with van der Waals surface area (Å²) in [6.45, 7) is 2.65. The fourth-order valence-corrected chi connectivity index (χ4v) is 6.06. The number of hydrogen-bond donors (Lipinski definition) is 2. The maximum atomic E-state index is 12.8. The molecule has 2 aliphatic rings. The van der Waals surface area contributed by atoms with Crippen molar-refractivity contribution >= 4 is 70.0 Å². The minimum Gasteiger partial charge on any atom is -0.378 e. The van der Waals surface area contributed by atoms with E-state index in [4.69, 9.17) is 16.3 Å². The second-order valence-corrected chi connectivity index (χ2v) is 11.2. The number of hydrogen-bond acceptors (Lipinski definition) is 7. The van der Waals surface area contributed by atoms with Crippen LogP contribution in [0.2, 0.25) is 5.02 Å². The predicted octanol–water partition coefficient (Wildman–Crippen LogP) is 4.92. The first-order valence-electron chi connectivity index (χ1n) is 11.5. The third-order valence-corrected chi connectivity index (χ3v) is 8.14. The van der Waals surface area contributed by atoms with Crippen LogP contribution in [0.15, 0.2) is 75.5 Å². The summed E-state index contributed by atoms with van der Waals surface area (Å²) in [6.07, 6.45) is 1.62. The number of nitrogens with zero attached hydrogens (tertiary/aromatic N) is 2. The van der Waals surface area contributed by atoms with Gasteiger partial charge in [-0.15, -0.1) is 11.3 Å². The largest absolute Gasteiger partial charge is 0.378 e. The van der Waals surface area contributed by atoms with Gasteiger partial charge in [-0.1, -0.05) is 23.4 Å². The third-order valence-electron chi connectivity index (χ3n) is 5.71. The maximum absolute atomic E-state index is 12.8. The second-order valence-electron chi connectivity index (χ2n) is 8.29. The molecule has 2 aromatic carbocycles. The second kappa shape index (κ2) is 11.4. The van der Waals surface area contributed by atoms with Gasteiger partial charge in [0.1, 0.15) is 12.2 Å². The molecule has 2 N–H and O–H groups in total. The van der Waals surface area contributed by atoms with Gasteiger partial charge in [0.05, 0.1) is 17.4 Å². The topological polar surface area (TPSA) is 91.0 Å². The molecule has 0 unspecified atom stereocenters. The fourth-order valence-electron chi connectivity index (χ4n) is 3.86. The number of rotatable bonds is 7. The van der Waals surface area contributed by atoms with Crippen molar-refractivity contribution < 1.29 is 19.1 Å². The van der Waals surface area contributed by atoms with Crippen LogP contribution in [0.3, 0.4) is 0 Å². The monoisotopic (exact) mass is 554 g/mol. The Hall–Kier alpha value is -3.31. The van der Waals surface area contributed by atoms with Crippen molar-refractivity contribution in [3.05, 3.63) is 76.3 Å². The Balaban J connectivity index is 1.17. The standard InChI is InChI=1S/C26H23ClN4O4S2/c27-17-1-7-20(8-2-17)36-24-10-9-21(37-24)15-22-25(33)31(26(34)29-22)16-23(32)28-18-3-5-19(6-4-18)30-11-13-35-14-12-30/h1-10,15H,11-14,16H2,(H,28,32)(H,29,34)/b22-15-. The van der Waals surface area contributed by atoms with Crippen molar-refractivity contribution in [2.24, 2.45) is 0 Å². The summed E-state index contributed by atoms with van der Waals surface area (Å²) in [5.41, 5.74) is 1.78. The quantitative estimate of drug-likeness (QED) is 0.318. The molecule has 11 heteroatoms. The Kier molecular flexibility index (Phi) is 7.80. The van der Waals surface area contributed by atoms with E-state index < -0.39 is 17.8 Å². The highest BCUT2D eigenvalue weighted by Gasteiger charge is 2.35. The Labute approximate surface area is 227 Å². The number of anilines is 2. The van der Waals surface area contributed by atoms with Crippen LogP contribution in [-0.4, -0.2) is 55.6 Å². The third kappa shape index (κ3) is 6.34. The van der Waals surface area contributed by atoms with Gasteiger partial charge in [-0.05, 0) is 66.7 Å². The lowest BCUT2D eigenvalue weighted by Crippen LogP contribution is -2.38. The number of benzene rings is 2. The summed E-state index contributed by atoms with van der Waals surface area (Å²) in [5.74, 6) is -0.996. The first kappa shape index (κ1) is 25.3. The summed E-state index contributed by atoms with van der Waals surface area (Å²) < 4.78 is 6.40. The summed E-state index contributed by atoms with van der Waals surface area (Å²) in [5, 5.41) is 6.00. The van der Waals surface area contributed by atoms with Crippen LogP contribution in [0.4, 0.5) is 16.2 Å². The van der Waals surface area contributed by atoms with E-state index in [2.05, 4.69) is 15.5 Å². The number of morpholine rings is 1. The highest BCUT2D eigenvalue weighted by Crippen LogP contribution is 2.35. The zero-order valence-corrected chi connectivity index (χ0v) is 22.0. The zero-order chi connectivity index (χ0) is 25.8. The van der Waals surface area contributed by atoms with Gasteiger partial charge in [0, 0.05) is 39.3 Å². The van der Waals surface area contributed by atoms with E-state index in [-0.39, 0.29) is 12.2 Å². The van der Waals surface area contributed by atoms with Gasteiger partial charge in [-0.25, -0.2) is 9.69 Å². The zero-order valence-electron chi connectivity index (χ0n) is 19.6. The van der Waals surface area contributed by atoms with Crippen molar-refractivity contribution in [3.63, 3.8) is 0 Å². The first-order chi connectivity index (χ1) is 17.9. The van der Waals surface area contributed by atoms with E-state index in [0.29, 0.717) is 23.9 Å². The average Bonchev–Trinajstić information content (AvgIpc) is 3.45. The van der Waals surface area contributed by atoms with Gasteiger partial charge in [-0.3, -0.25) is 9.59 Å². The smallest absolute Gasteiger partial charge is 0.329 e. The van der Waals surface area contributed by atoms with Gasteiger partial charge in [0.2, 0.25) is 5.91 Å². The average molecular weight is 555 g/mol. The predicted molar refractivity (Wildman–Crippen MR) is 146 cm³/mol. The molecule has 2 saturated heterocycles. The maximum Gasteiger partial charge on any atom is 0.329 e. The van der Waals surface area contributed by atoms with Crippen molar-refractivity contribution in [1.82, 2.24) is 10.2 Å². The Bertz CT molecular complexity index is 1340. The number of nitrogens with one attached hydrogen (secondary N) is 2. The van der Waals surface area contributed by atoms with Crippen LogP contribution in [-0.2, 0) is 14.3 Å². The molecule has 2 aliphatic heterocycles. The SMILES string of the molecule is O=C(CN1C(=O)N/C(=C\c2ccc(Sc3ccc(Cl)cc3)s2)C1=O)Nc1ccc(N2CCOCC2)cc1. The molecule has 37 heavy (non-hydrogen) atoms. The molecule has 2 fully saturated rings. The van der Waals surface area contributed by atoms with E-state index in [0.717, 1.165) is 37.7 Å². The Morgan fingerprint density at radius 2 is 1.78 bits per heavy atom. The molecule has 190 valence electrons. The Morgan fingerprint density at radius 3 is 2.51 bits per heavy atom. The summed E-state index contributed by atoms with van der Waals surface area (Å²) in [7, 11) is 0. The Morgan fingerprint density at radius 1 is 1.05 bits per heavy atom. The van der Waals surface area contributed by atoms with Crippen LogP contribution >= 0.6 is 34.7 Å². The molecule has 1 aromatic heterocycles. The van der Waals surface area contributed by atoms with Crippen LogP contribution in [0, 0.1) is 0 Å². The first-order valence-corrected chi connectivity index (χ1v) is 13.6.